The fourth-order valence-corrected chi connectivity index (χ4v) is 3.96. The van der Waals surface area contributed by atoms with Crippen molar-refractivity contribution in [3.63, 3.8) is 0 Å². The van der Waals surface area contributed by atoms with E-state index in [-0.39, 0.29) is 11.6 Å². The second-order valence-corrected chi connectivity index (χ2v) is 7.06. The van der Waals surface area contributed by atoms with E-state index in [0.29, 0.717) is 11.9 Å². The molecule has 4 rings (SSSR count). The summed E-state index contributed by atoms with van der Waals surface area (Å²) >= 11 is 0. The number of hydrogen-bond donors (Lipinski definition) is 1. The van der Waals surface area contributed by atoms with E-state index in [1.807, 2.05) is 31.3 Å². The lowest BCUT2D eigenvalue weighted by Gasteiger charge is -2.41. The van der Waals surface area contributed by atoms with Gasteiger partial charge in [-0.3, -0.25) is 14.3 Å². The summed E-state index contributed by atoms with van der Waals surface area (Å²) < 4.78 is 1.69. The summed E-state index contributed by atoms with van der Waals surface area (Å²) in [7, 11) is 1.81. The Morgan fingerprint density at radius 1 is 1.30 bits per heavy atom. The maximum Gasteiger partial charge on any atom is 0.261 e. The molecular weight excluding hydrogens is 290 g/mol. The first-order chi connectivity index (χ1) is 11.1. The molecule has 1 aromatic carbocycles. The van der Waals surface area contributed by atoms with Crippen LogP contribution in [0.15, 0.2) is 29.1 Å². The summed E-state index contributed by atoms with van der Waals surface area (Å²) in [6.45, 7) is 1.66. The van der Waals surface area contributed by atoms with Crippen molar-refractivity contribution in [2.45, 2.75) is 43.7 Å². The van der Waals surface area contributed by atoms with E-state index < -0.39 is 5.60 Å². The van der Waals surface area contributed by atoms with Gasteiger partial charge in [0.25, 0.3) is 5.56 Å². The third-order valence-electron chi connectivity index (χ3n) is 5.46. The predicted molar refractivity (Wildman–Crippen MR) is 89.3 cm³/mol. The van der Waals surface area contributed by atoms with E-state index in [1.54, 1.807) is 4.57 Å². The minimum absolute atomic E-state index is 0.0137. The lowest BCUT2D eigenvalue weighted by Crippen LogP contribution is -2.48. The third kappa shape index (κ3) is 2.48. The normalized spacial score (nSPS) is 24.0. The highest BCUT2D eigenvalue weighted by Gasteiger charge is 2.40. The Hall–Kier alpha value is -1.72. The minimum Gasteiger partial charge on any atom is -0.389 e. The van der Waals surface area contributed by atoms with Gasteiger partial charge in [0, 0.05) is 13.6 Å². The molecule has 1 aromatic heterocycles. The van der Waals surface area contributed by atoms with E-state index in [1.165, 1.54) is 0 Å². The largest absolute Gasteiger partial charge is 0.389 e. The van der Waals surface area contributed by atoms with Gasteiger partial charge < -0.3 is 5.11 Å². The Balaban J connectivity index is 1.72. The van der Waals surface area contributed by atoms with Crippen LogP contribution < -0.4 is 5.56 Å². The molecule has 1 N–H and O–H groups in total. The van der Waals surface area contributed by atoms with E-state index in [4.69, 9.17) is 4.98 Å². The number of β-amino-alcohol motifs (C(OH)–C–C–N with tert-alkyl or cyclic N) is 1. The molecule has 5 nitrogen and oxygen atoms in total. The van der Waals surface area contributed by atoms with Crippen molar-refractivity contribution < 1.29 is 5.11 Å². The standard InChI is InChI=1S/C18H23N3O2/c1-20-16(19-14-7-3-2-6-13(14)17(20)22)15-8-4-11-21(15)12-18(23)9-5-10-18/h2-3,6-7,15,23H,4-5,8-12H2,1H3. The fourth-order valence-electron chi connectivity index (χ4n) is 3.96. The number of fused-ring (bicyclic) bond motifs is 1. The van der Waals surface area contributed by atoms with E-state index in [2.05, 4.69) is 4.90 Å². The third-order valence-corrected chi connectivity index (χ3v) is 5.46. The first-order valence-electron chi connectivity index (χ1n) is 8.49. The Labute approximate surface area is 135 Å². The highest BCUT2D eigenvalue weighted by atomic mass is 16.3. The van der Waals surface area contributed by atoms with Crippen molar-refractivity contribution in [3.8, 4) is 0 Å². The van der Waals surface area contributed by atoms with Gasteiger partial charge in [0.2, 0.25) is 0 Å². The molecule has 1 atom stereocenters. The second kappa shape index (κ2) is 5.42. The summed E-state index contributed by atoms with van der Waals surface area (Å²) in [6, 6.07) is 7.65. The van der Waals surface area contributed by atoms with Crippen LogP contribution in [0, 0.1) is 0 Å². The first kappa shape index (κ1) is 14.8. The molecule has 1 saturated heterocycles. The SMILES string of the molecule is Cn1c(C2CCCN2CC2(O)CCC2)nc2ccccc2c1=O. The molecule has 1 aliphatic heterocycles. The maximum absolute atomic E-state index is 12.6. The molecule has 0 spiro atoms. The second-order valence-electron chi connectivity index (χ2n) is 7.06. The van der Waals surface area contributed by atoms with Crippen LogP contribution in [-0.2, 0) is 7.05 Å². The molecule has 1 saturated carbocycles. The summed E-state index contributed by atoms with van der Waals surface area (Å²) in [4.78, 5) is 19.7. The number of aromatic nitrogens is 2. The maximum atomic E-state index is 12.6. The molecule has 1 unspecified atom stereocenters. The molecule has 1 aliphatic carbocycles. The van der Waals surface area contributed by atoms with Crippen molar-refractivity contribution in [2.24, 2.45) is 7.05 Å². The topological polar surface area (TPSA) is 58.4 Å². The van der Waals surface area contributed by atoms with Crippen LogP contribution in [-0.4, -0.2) is 38.2 Å². The van der Waals surface area contributed by atoms with Crippen LogP contribution in [0.1, 0.15) is 44.0 Å². The molecule has 5 heteroatoms. The van der Waals surface area contributed by atoms with Gasteiger partial charge >= 0.3 is 0 Å². The van der Waals surface area contributed by atoms with Gasteiger partial charge in [-0.1, -0.05) is 12.1 Å². The first-order valence-corrected chi connectivity index (χ1v) is 8.49. The van der Waals surface area contributed by atoms with Gasteiger partial charge in [-0.2, -0.15) is 0 Å². The molecule has 2 heterocycles. The molecule has 122 valence electrons. The van der Waals surface area contributed by atoms with Crippen molar-refractivity contribution >= 4 is 10.9 Å². The average molecular weight is 313 g/mol. The smallest absolute Gasteiger partial charge is 0.261 e. The van der Waals surface area contributed by atoms with E-state index in [0.717, 1.165) is 50.0 Å². The zero-order valence-electron chi connectivity index (χ0n) is 13.5. The summed E-state index contributed by atoms with van der Waals surface area (Å²) in [5, 5.41) is 11.2. The Kier molecular flexibility index (Phi) is 3.50. The molecule has 0 radical (unpaired) electrons. The van der Waals surface area contributed by atoms with Crippen molar-refractivity contribution in [1.82, 2.24) is 14.5 Å². The molecule has 0 amide bonds. The summed E-state index contributed by atoms with van der Waals surface area (Å²) in [5.41, 5.74) is 0.248. The number of nitrogens with zero attached hydrogens (tertiary/aromatic N) is 3. The molecule has 2 aromatic rings. The number of likely N-dealkylation sites (tertiary alicyclic amines) is 1. The average Bonchev–Trinajstić information content (AvgIpc) is 2.97. The lowest BCUT2D eigenvalue weighted by molar-refractivity contribution is -0.0619. The van der Waals surface area contributed by atoms with Gasteiger partial charge in [-0.25, -0.2) is 4.98 Å². The quantitative estimate of drug-likeness (QED) is 0.941. The van der Waals surface area contributed by atoms with Crippen molar-refractivity contribution in [1.29, 1.82) is 0 Å². The van der Waals surface area contributed by atoms with Gasteiger partial charge in [-0.05, 0) is 50.8 Å². The lowest BCUT2D eigenvalue weighted by atomic mass is 9.80. The zero-order valence-corrected chi connectivity index (χ0v) is 13.5. The molecule has 2 fully saturated rings. The number of hydrogen-bond acceptors (Lipinski definition) is 4. The Bertz CT molecular complexity index is 794. The van der Waals surface area contributed by atoms with Crippen molar-refractivity contribution in [2.75, 3.05) is 13.1 Å². The highest BCUT2D eigenvalue weighted by molar-refractivity contribution is 5.77. The fraction of sp³-hybridized carbons (Fsp3) is 0.556. The van der Waals surface area contributed by atoms with Crippen LogP contribution in [0.2, 0.25) is 0 Å². The highest BCUT2D eigenvalue weighted by Crippen LogP contribution is 2.38. The number of benzene rings is 1. The molecular formula is C18H23N3O2. The molecule has 0 bridgehead atoms. The van der Waals surface area contributed by atoms with Crippen molar-refractivity contribution in [3.05, 3.63) is 40.4 Å². The molecule has 2 aliphatic rings. The zero-order chi connectivity index (χ0) is 16.0. The summed E-state index contributed by atoms with van der Waals surface area (Å²) in [6.07, 6.45) is 4.97. The van der Waals surface area contributed by atoms with Crippen LogP contribution in [0.3, 0.4) is 0 Å². The predicted octanol–water partition coefficient (Wildman–Crippen LogP) is 1.99. The summed E-state index contributed by atoms with van der Waals surface area (Å²) in [5.74, 6) is 0.828. The van der Waals surface area contributed by atoms with Crippen LogP contribution in [0.25, 0.3) is 10.9 Å². The minimum atomic E-state index is -0.529. The van der Waals surface area contributed by atoms with Crippen LogP contribution in [0.5, 0.6) is 0 Å². The van der Waals surface area contributed by atoms with Gasteiger partial charge in [0.05, 0.1) is 22.5 Å². The Morgan fingerprint density at radius 3 is 2.83 bits per heavy atom. The van der Waals surface area contributed by atoms with Crippen LogP contribution >= 0.6 is 0 Å². The number of aliphatic hydroxyl groups is 1. The van der Waals surface area contributed by atoms with Gasteiger partial charge in [0.1, 0.15) is 5.82 Å². The van der Waals surface area contributed by atoms with E-state index in [9.17, 15) is 9.90 Å². The Morgan fingerprint density at radius 2 is 2.09 bits per heavy atom. The van der Waals surface area contributed by atoms with Gasteiger partial charge in [-0.15, -0.1) is 0 Å². The van der Waals surface area contributed by atoms with E-state index >= 15 is 0 Å². The number of rotatable bonds is 3. The monoisotopic (exact) mass is 313 g/mol. The molecule has 23 heavy (non-hydrogen) atoms. The number of para-hydroxylation sites is 1. The van der Waals surface area contributed by atoms with Crippen LogP contribution in [0.4, 0.5) is 0 Å². The van der Waals surface area contributed by atoms with Gasteiger partial charge in [0.15, 0.2) is 0 Å².